The Morgan fingerprint density at radius 1 is 0.846 bits per heavy atom. The third kappa shape index (κ3) is 3.05. The highest BCUT2D eigenvalue weighted by molar-refractivity contribution is 5.75. The first kappa shape index (κ1) is 11.9. The summed E-state index contributed by atoms with van der Waals surface area (Å²) in [5.41, 5.74) is 0. The van der Waals surface area contributed by atoms with Crippen LogP contribution in [0.5, 0.6) is 0 Å². The second-order valence-electron chi connectivity index (χ2n) is 3.01. The quantitative estimate of drug-likeness (QED) is 0.547. The summed E-state index contributed by atoms with van der Waals surface area (Å²) in [6.07, 6.45) is 0. The maximum absolute atomic E-state index is 10.9. The molecule has 1 aliphatic heterocycles. The Kier molecular flexibility index (Phi) is 4.45. The van der Waals surface area contributed by atoms with Gasteiger partial charge in [0.25, 0.3) is 0 Å². The maximum Gasteiger partial charge on any atom is 0.219 e. The molecule has 0 unspecified atom stereocenters. The standard InChI is InChI=1S/C8H14N2O2.CH4/c1-7(11)9-3-5-10(6-4-9)8(2)12;/h3-6H2,1-2H3;1H4. The van der Waals surface area contributed by atoms with Crippen molar-refractivity contribution in [2.75, 3.05) is 26.2 Å². The predicted molar refractivity (Wildman–Crippen MR) is 51.2 cm³/mol. The number of amides is 2. The highest BCUT2D eigenvalue weighted by atomic mass is 16.2. The summed E-state index contributed by atoms with van der Waals surface area (Å²) in [4.78, 5) is 25.3. The lowest BCUT2D eigenvalue weighted by Crippen LogP contribution is -2.49. The number of carbonyl (C=O) groups excluding carboxylic acids is 2. The van der Waals surface area contributed by atoms with Crippen LogP contribution in [0.15, 0.2) is 0 Å². The van der Waals surface area contributed by atoms with Gasteiger partial charge in [-0.15, -0.1) is 0 Å². The smallest absolute Gasteiger partial charge is 0.219 e. The normalized spacial score (nSPS) is 16.5. The van der Waals surface area contributed by atoms with Crippen LogP contribution in [-0.4, -0.2) is 47.8 Å². The van der Waals surface area contributed by atoms with Gasteiger partial charge < -0.3 is 9.80 Å². The molecule has 0 N–H and O–H groups in total. The molecule has 1 saturated heterocycles. The number of carbonyl (C=O) groups is 2. The van der Waals surface area contributed by atoms with Gasteiger partial charge in [-0.05, 0) is 0 Å². The molecule has 0 atom stereocenters. The molecule has 1 heterocycles. The van der Waals surface area contributed by atoms with Gasteiger partial charge in [-0.1, -0.05) is 7.43 Å². The summed E-state index contributed by atoms with van der Waals surface area (Å²) >= 11 is 0. The van der Waals surface area contributed by atoms with Crippen molar-refractivity contribution in [3.8, 4) is 0 Å². The van der Waals surface area contributed by atoms with Gasteiger partial charge >= 0.3 is 0 Å². The molecular weight excluding hydrogens is 168 g/mol. The van der Waals surface area contributed by atoms with Gasteiger partial charge in [0, 0.05) is 40.0 Å². The zero-order valence-electron chi connectivity index (χ0n) is 7.54. The average molecular weight is 186 g/mol. The number of rotatable bonds is 0. The van der Waals surface area contributed by atoms with Crippen LogP contribution in [0, 0.1) is 0 Å². The van der Waals surface area contributed by atoms with E-state index in [-0.39, 0.29) is 19.2 Å². The van der Waals surface area contributed by atoms with E-state index in [0.717, 1.165) is 0 Å². The molecule has 4 nitrogen and oxygen atoms in total. The first-order valence-electron chi connectivity index (χ1n) is 4.12. The minimum absolute atomic E-state index is 0. The maximum atomic E-state index is 10.9. The van der Waals surface area contributed by atoms with Crippen LogP contribution in [0.3, 0.4) is 0 Å². The fourth-order valence-corrected chi connectivity index (χ4v) is 1.34. The van der Waals surface area contributed by atoms with Crippen molar-refractivity contribution in [3.05, 3.63) is 0 Å². The summed E-state index contributed by atoms with van der Waals surface area (Å²) in [5.74, 6) is 0.191. The number of nitrogens with zero attached hydrogens (tertiary/aromatic N) is 2. The van der Waals surface area contributed by atoms with E-state index in [4.69, 9.17) is 0 Å². The Morgan fingerprint density at radius 2 is 1.08 bits per heavy atom. The summed E-state index contributed by atoms with van der Waals surface area (Å²) in [5, 5.41) is 0. The minimum atomic E-state index is 0. The Balaban J connectivity index is 0.00000144. The monoisotopic (exact) mass is 186 g/mol. The van der Waals surface area contributed by atoms with Gasteiger partial charge in [0.1, 0.15) is 0 Å². The number of hydrogen-bond donors (Lipinski definition) is 0. The Labute approximate surface area is 79.5 Å². The number of hydrogen-bond acceptors (Lipinski definition) is 2. The van der Waals surface area contributed by atoms with E-state index in [1.165, 1.54) is 0 Å². The Morgan fingerprint density at radius 3 is 1.23 bits per heavy atom. The van der Waals surface area contributed by atoms with Gasteiger partial charge in [-0.2, -0.15) is 0 Å². The predicted octanol–water partition coefficient (Wildman–Crippen LogP) is 0.333. The van der Waals surface area contributed by atoms with Gasteiger partial charge in [-0.25, -0.2) is 0 Å². The Bertz CT molecular complexity index is 174. The van der Waals surface area contributed by atoms with Crippen molar-refractivity contribution in [2.24, 2.45) is 0 Å². The molecule has 0 spiro atoms. The van der Waals surface area contributed by atoms with Gasteiger partial charge in [0.05, 0.1) is 0 Å². The summed E-state index contributed by atoms with van der Waals surface area (Å²) in [6, 6.07) is 0. The molecule has 1 rings (SSSR count). The lowest BCUT2D eigenvalue weighted by Gasteiger charge is -2.33. The van der Waals surface area contributed by atoms with Crippen molar-refractivity contribution in [1.82, 2.24) is 9.80 Å². The molecule has 0 bridgehead atoms. The van der Waals surface area contributed by atoms with Gasteiger partial charge in [0.2, 0.25) is 11.8 Å². The van der Waals surface area contributed by atoms with Crippen molar-refractivity contribution in [3.63, 3.8) is 0 Å². The van der Waals surface area contributed by atoms with Crippen molar-refractivity contribution < 1.29 is 9.59 Å². The molecule has 0 aliphatic carbocycles. The third-order valence-electron chi connectivity index (χ3n) is 2.17. The van der Waals surface area contributed by atoms with Crippen LogP contribution in [0.2, 0.25) is 0 Å². The molecule has 0 aromatic rings. The molecule has 76 valence electrons. The van der Waals surface area contributed by atoms with E-state index in [0.29, 0.717) is 26.2 Å². The molecule has 1 aliphatic rings. The van der Waals surface area contributed by atoms with Crippen LogP contribution >= 0.6 is 0 Å². The first-order chi connectivity index (χ1) is 5.61. The topological polar surface area (TPSA) is 40.6 Å². The van der Waals surface area contributed by atoms with E-state index in [9.17, 15) is 9.59 Å². The zero-order chi connectivity index (χ0) is 9.14. The largest absolute Gasteiger partial charge is 0.339 e. The fraction of sp³-hybridized carbons (Fsp3) is 0.778. The second-order valence-corrected chi connectivity index (χ2v) is 3.01. The van der Waals surface area contributed by atoms with Gasteiger partial charge in [-0.3, -0.25) is 9.59 Å². The SMILES string of the molecule is C.CC(=O)N1CCN(C(C)=O)CC1. The van der Waals surface area contributed by atoms with E-state index >= 15 is 0 Å². The molecule has 13 heavy (non-hydrogen) atoms. The van der Waals surface area contributed by atoms with Crippen LogP contribution in [0.1, 0.15) is 21.3 Å². The van der Waals surface area contributed by atoms with E-state index in [2.05, 4.69) is 0 Å². The molecule has 4 heteroatoms. The van der Waals surface area contributed by atoms with E-state index in [1.807, 2.05) is 0 Å². The van der Waals surface area contributed by atoms with E-state index in [1.54, 1.807) is 23.6 Å². The molecule has 0 aromatic carbocycles. The highest BCUT2D eigenvalue weighted by Gasteiger charge is 2.19. The van der Waals surface area contributed by atoms with Crippen LogP contribution in [0.4, 0.5) is 0 Å². The molecule has 2 amide bonds. The highest BCUT2D eigenvalue weighted by Crippen LogP contribution is 2.01. The Hall–Kier alpha value is -1.06. The van der Waals surface area contributed by atoms with Gasteiger partial charge in [0.15, 0.2) is 0 Å². The lowest BCUT2D eigenvalue weighted by atomic mass is 10.3. The number of piperazine rings is 1. The summed E-state index contributed by atoms with van der Waals surface area (Å²) in [6.45, 7) is 5.82. The molecule has 0 saturated carbocycles. The summed E-state index contributed by atoms with van der Waals surface area (Å²) in [7, 11) is 0. The van der Waals surface area contributed by atoms with E-state index < -0.39 is 0 Å². The molecular formula is C9H18N2O2. The average Bonchev–Trinajstić information content (AvgIpc) is 2.04. The summed E-state index contributed by atoms with van der Waals surface area (Å²) < 4.78 is 0. The van der Waals surface area contributed by atoms with Crippen LogP contribution in [0.25, 0.3) is 0 Å². The first-order valence-corrected chi connectivity index (χ1v) is 4.12. The minimum Gasteiger partial charge on any atom is -0.339 e. The van der Waals surface area contributed by atoms with Crippen molar-refractivity contribution >= 4 is 11.8 Å². The third-order valence-corrected chi connectivity index (χ3v) is 2.17. The fourth-order valence-electron chi connectivity index (χ4n) is 1.34. The molecule has 1 fully saturated rings. The van der Waals surface area contributed by atoms with Crippen molar-refractivity contribution in [2.45, 2.75) is 21.3 Å². The molecule has 0 radical (unpaired) electrons. The second kappa shape index (κ2) is 4.84. The van der Waals surface area contributed by atoms with Crippen molar-refractivity contribution in [1.29, 1.82) is 0 Å². The lowest BCUT2D eigenvalue weighted by molar-refractivity contribution is -0.137. The molecule has 0 aromatic heterocycles. The van der Waals surface area contributed by atoms with Crippen LogP contribution in [-0.2, 0) is 9.59 Å². The zero-order valence-corrected chi connectivity index (χ0v) is 7.54. The van der Waals surface area contributed by atoms with Crippen LogP contribution < -0.4 is 0 Å².